The number of carbonyl (C=O) groups excluding carboxylic acids is 3. The summed E-state index contributed by atoms with van der Waals surface area (Å²) in [4.78, 5) is 40.8. The van der Waals surface area contributed by atoms with E-state index in [4.69, 9.17) is 5.73 Å². The summed E-state index contributed by atoms with van der Waals surface area (Å²) >= 11 is 1.66. The van der Waals surface area contributed by atoms with Gasteiger partial charge in [0.25, 0.3) is 5.91 Å². The molecule has 0 aliphatic carbocycles. The number of thioether (sulfide) groups is 1. The molecule has 1 aliphatic rings. The monoisotopic (exact) mass is 487 g/mol. The molecule has 0 radical (unpaired) electrons. The lowest BCUT2D eigenvalue weighted by Crippen LogP contribution is -2.50. The average Bonchev–Trinajstić information content (AvgIpc) is 2.95. The molecule has 35 heavy (non-hydrogen) atoms. The van der Waals surface area contributed by atoms with Crippen LogP contribution in [-0.4, -0.2) is 29.5 Å². The van der Waals surface area contributed by atoms with Crippen molar-refractivity contribution >= 4 is 40.9 Å². The SMILES string of the molecule is CC1C(=O)N(C(=O)[C@H](C)NC(=O)CCSCc2ccccc2)c2cccc(N)c2-c2ccccc21. The van der Waals surface area contributed by atoms with Crippen molar-refractivity contribution in [3.05, 3.63) is 83.9 Å². The van der Waals surface area contributed by atoms with E-state index in [1.54, 1.807) is 43.8 Å². The van der Waals surface area contributed by atoms with Gasteiger partial charge < -0.3 is 11.1 Å². The van der Waals surface area contributed by atoms with Gasteiger partial charge in [-0.25, -0.2) is 4.90 Å². The summed E-state index contributed by atoms with van der Waals surface area (Å²) < 4.78 is 0. The van der Waals surface area contributed by atoms with Crippen LogP contribution < -0.4 is 16.0 Å². The molecule has 3 N–H and O–H groups in total. The number of imide groups is 1. The van der Waals surface area contributed by atoms with Gasteiger partial charge in [0.1, 0.15) is 6.04 Å². The molecule has 7 heteroatoms. The number of nitrogen functional groups attached to an aromatic ring is 1. The fourth-order valence-electron chi connectivity index (χ4n) is 4.31. The third kappa shape index (κ3) is 5.25. The first-order chi connectivity index (χ1) is 16.9. The van der Waals surface area contributed by atoms with Crippen LogP contribution in [0.5, 0.6) is 0 Å². The minimum atomic E-state index is -0.867. The number of hydrogen-bond acceptors (Lipinski definition) is 5. The van der Waals surface area contributed by atoms with Gasteiger partial charge in [-0.15, -0.1) is 0 Å². The summed E-state index contributed by atoms with van der Waals surface area (Å²) in [6, 6.07) is 22.0. The Hall–Kier alpha value is -3.58. The summed E-state index contributed by atoms with van der Waals surface area (Å²) in [5.41, 5.74) is 10.8. The highest BCUT2D eigenvalue weighted by Crippen LogP contribution is 2.44. The summed E-state index contributed by atoms with van der Waals surface area (Å²) in [6.45, 7) is 3.40. The molecule has 0 spiro atoms. The van der Waals surface area contributed by atoms with Crippen LogP contribution in [0.4, 0.5) is 11.4 Å². The van der Waals surface area contributed by atoms with Gasteiger partial charge in [-0.05, 0) is 42.7 Å². The summed E-state index contributed by atoms with van der Waals surface area (Å²) in [7, 11) is 0. The maximum atomic E-state index is 13.5. The molecule has 180 valence electrons. The Morgan fingerprint density at radius 1 is 1.03 bits per heavy atom. The highest BCUT2D eigenvalue weighted by molar-refractivity contribution is 7.98. The smallest absolute Gasteiger partial charge is 0.256 e. The largest absolute Gasteiger partial charge is 0.398 e. The van der Waals surface area contributed by atoms with E-state index in [1.807, 2.05) is 42.5 Å². The molecule has 0 fully saturated rings. The van der Waals surface area contributed by atoms with Gasteiger partial charge in [-0.2, -0.15) is 11.8 Å². The predicted molar refractivity (Wildman–Crippen MR) is 142 cm³/mol. The number of fused-ring (bicyclic) bond motifs is 3. The summed E-state index contributed by atoms with van der Waals surface area (Å²) in [5.74, 6) is -0.132. The highest BCUT2D eigenvalue weighted by atomic mass is 32.2. The van der Waals surface area contributed by atoms with Gasteiger partial charge in [0.2, 0.25) is 11.8 Å². The quantitative estimate of drug-likeness (QED) is 0.371. The number of benzene rings is 3. The Bertz CT molecular complexity index is 1250. The Morgan fingerprint density at radius 3 is 2.51 bits per heavy atom. The molecular weight excluding hydrogens is 458 g/mol. The number of amides is 3. The second kappa shape index (κ2) is 10.8. The van der Waals surface area contributed by atoms with Crippen LogP contribution in [0, 0.1) is 0 Å². The van der Waals surface area contributed by atoms with Crippen molar-refractivity contribution in [1.82, 2.24) is 5.32 Å². The molecule has 1 aliphatic heterocycles. The number of carbonyl (C=O) groups is 3. The number of rotatable bonds is 7. The zero-order valence-corrected chi connectivity index (χ0v) is 20.7. The van der Waals surface area contributed by atoms with E-state index in [2.05, 4.69) is 17.4 Å². The number of hydrogen-bond donors (Lipinski definition) is 2. The van der Waals surface area contributed by atoms with E-state index in [0.29, 0.717) is 22.7 Å². The molecule has 6 nitrogen and oxygen atoms in total. The molecule has 0 aromatic heterocycles. The first kappa shape index (κ1) is 24.5. The first-order valence-electron chi connectivity index (χ1n) is 11.6. The van der Waals surface area contributed by atoms with Crippen molar-refractivity contribution in [2.24, 2.45) is 0 Å². The Morgan fingerprint density at radius 2 is 1.74 bits per heavy atom. The fourth-order valence-corrected chi connectivity index (χ4v) is 5.21. The number of nitrogens with two attached hydrogens (primary N) is 1. The predicted octanol–water partition coefficient (Wildman–Crippen LogP) is 4.74. The molecule has 1 heterocycles. The minimum absolute atomic E-state index is 0.224. The second-order valence-corrected chi connectivity index (χ2v) is 9.74. The molecule has 0 saturated carbocycles. The van der Waals surface area contributed by atoms with Gasteiger partial charge in [0, 0.05) is 29.2 Å². The number of nitrogens with zero attached hydrogens (tertiary/aromatic N) is 1. The van der Waals surface area contributed by atoms with E-state index in [9.17, 15) is 14.4 Å². The molecule has 3 aromatic rings. The van der Waals surface area contributed by atoms with Crippen molar-refractivity contribution in [3.63, 3.8) is 0 Å². The second-order valence-electron chi connectivity index (χ2n) is 8.64. The van der Waals surface area contributed by atoms with Crippen LogP contribution in [0.15, 0.2) is 72.8 Å². The highest BCUT2D eigenvalue weighted by Gasteiger charge is 2.37. The summed E-state index contributed by atoms with van der Waals surface area (Å²) in [5, 5.41) is 2.77. The number of nitrogens with one attached hydrogen (secondary N) is 1. The van der Waals surface area contributed by atoms with Crippen LogP contribution >= 0.6 is 11.8 Å². The zero-order chi connectivity index (χ0) is 24.9. The lowest BCUT2D eigenvalue weighted by atomic mass is 9.92. The van der Waals surface area contributed by atoms with Gasteiger partial charge in [0.05, 0.1) is 11.6 Å². The topological polar surface area (TPSA) is 92.5 Å². The van der Waals surface area contributed by atoms with E-state index < -0.39 is 17.9 Å². The van der Waals surface area contributed by atoms with Crippen LogP contribution in [0.25, 0.3) is 11.1 Å². The fraction of sp³-hybridized carbons (Fsp3) is 0.250. The van der Waals surface area contributed by atoms with Crippen molar-refractivity contribution in [3.8, 4) is 11.1 Å². The van der Waals surface area contributed by atoms with E-state index in [0.717, 1.165) is 16.9 Å². The van der Waals surface area contributed by atoms with E-state index in [-0.39, 0.29) is 18.2 Å². The third-order valence-electron chi connectivity index (χ3n) is 6.16. The molecule has 2 atom stereocenters. The van der Waals surface area contributed by atoms with Gasteiger partial charge in [-0.1, -0.05) is 60.7 Å². The average molecular weight is 488 g/mol. The van der Waals surface area contributed by atoms with Crippen LogP contribution in [0.1, 0.15) is 37.3 Å². The normalized spacial score (nSPS) is 15.5. The molecule has 1 unspecified atom stereocenters. The van der Waals surface area contributed by atoms with Gasteiger partial charge in [0.15, 0.2) is 0 Å². The minimum Gasteiger partial charge on any atom is -0.398 e. The van der Waals surface area contributed by atoms with Crippen molar-refractivity contribution in [2.75, 3.05) is 16.4 Å². The van der Waals surface area contributed by atoms with Crippen LogP contribution in [0.3, 0.4) is 0 Å². The maximum Gasteiger partial charge on any atom is 0.256 e. The van der Waals surface area contributed by atoms with Gasteiger partial charge in [-0.3, -0.25) is 14.4 Å². The Kier molecular flexibility index (Phi) is 7.56. The molecule has 0 saturated heterocycles. The van der Waals surface area contributed by atoms with Crippen LogP contribution in [-0.2, 0) is 20.1 Å². The Labute approximate surface area is 209 Å². The zero-order valence-electron chi connectivity index (χ0n) is 19.9. The van der Waals surface area contributed by atoms with E-state index in [1.165, 1.54) is 10.5 Å². The summed E-state index contributed by atoms with van der Waals surface area (Å²) in [6.07, 6.45) is 0.286. The molecule has 3 aromatic carbocycles. The molecule has 3 amide bonds. The third-order valence-corrected chi connectivity index (χ3v) is 7.19. The molecular formula is C28H29N3O3S. The number of anilines is 2. The molecule has 4 rings (SSSR count). The molecule has 0 bridgehead atoms. The van der Waals surface area contributed by atoms with Crippen molar-refractivity contribution in [2.45, 2.75) is 38.0 Å². The van der Waals surface area contributed by atoms with E-state index >= 15 is 0 Å². The van der Waals surface area contributed by atoms with Crippen molar-refractivity contribution < 1.29 is 14.4 Å². The van der Waals surface area contributed by atoms with Crippen molar-refractivity contribution in [1.29, 1.82) is 0 Å². The maximum absolute atomic E-state index is 13.5. The lowest BCUT2D eigenvalue weighted by Gasteiger charge is -2.26. The first-order valence-corrected chi connectivity index (χ1v) is 12.8. The van der Waals surface area contributed by atoms with Gasteiger partial charge >= 0.3 is 0 Å². The standard InChI is InChI=1S/C28H29N3O3S/c1-18-21-11-6-7-12-22(21)26-23(29)13-8-14-24(26)31(27(18)33)28(34)19(2)30-25(32)15-16-35-17-20-9-4-3-5-10-20/h3-14,18-19H,15-17,29H2,1-2H3,(H,30,32)/t18?,19-/m0/s1. The Balaban J connectivity index is 1.48. The lowest BCUT2D eigenvalue weighted by molar-refractivity contribution is -0.131. The van der Waals surface area contributed by atoms with Crippen LogP contribution in [0.2, 0.25) is 0 Å².